The Kier molecular flexibility index (Phi) is 6.11. The number of carbonyl (C=O) groups is 2. The van der Waals surface area contributed by atoms with Crippen LogP contribution in [0.2, 0.25) is 0 Å². The van der Waals surface area contributed by atoms with Gasteiger partial charge in [-0.2, -0.15) is 0 Å². The smallest absolute Gasteiger partial charge is 0.310 e. The topological polar surface area (TPSA) is 64.6 Å². The van der Waals surface area contributed by atoms with Gasteiger partial charge in [0.05, 0.1) is 13.5 Å². The molecule has 1 amide bonds. The Morgan fingerprint density at radius 1 is 1.12 bits per heavy atom. The maximum Gasteiger partial charge on any atom is 0.310 e. The van der Waals surface area contributed by atoms with Gasteiger partial charge in [-0.3, -0.25) is 9.59 Å². The lowest BCUT2D eigenvalue weighted by molar-refractivity contribution is -0.146. The van der Waals surface area contributed by atoms with Crippen LogP contribution in [0, 0.1) is 19.7 Å². The lowest BCUT2D eigenvalue weighted by atomic mass is 10.1. The minimum absolute atomic E-state index is 0.00269. The van der Waals surface area contributed by atoms with Crippen molar-refractivity contribution < 1.29 is 23.5 Å². The zero-order chi connectivity index (χ0) is 18.4. The number of amides is 1. The zero-order valence-corrected chi connectivity index (χ0v) is 14.4. The molecule has 2 rings (SSSR count). The summed E-state index contributed by atoms with van der Waals surface area (Å²) in [5, 5.41) is 2.48. The van der Waals surface area contributed by atoms with Gasteiger partial charge in [0.15, 0.2) is 6.61 Å². The molecule has 0 fully saturated rings. The number of hydrogen-bond donors (Lipinski definition) is 1. The molecular weight excluding hydrogens is 325 g/mol. The minimum Gasteiger partial charge on any atom is -0.496 e. The number of halogens is 1. The van der Waals surface area contributed by atoms with E-state index in [1.807, 2.05) is 19.1 Å². The first-order valence-corrected chi connectivity index (χ1v) is 7.74. The molecule has 0 radical (unpaired) electrons. The van der Waals surface area contributed by atoms with Crippen LogP contribution in [0.1, 0.15) is 16.7 Å². The predicted octanol–water partition coefficient (Wildman–Crippen LogP) is 3.18. The van der Waals surface area contributed by atoms with Gasteiger partial charge in [-0.05, 0) is 37.6 Å². The van der Waals surface area contributed by atoms with Gasteiger partial charge in [0.1, 0.15) is 11.6 Å². The number of aryl methyl sites for hydroxylation is 2. The average molecular weight is 345 g/mol. The highest BCUT2D eigenvalue weighted by Crippen LogP contribution is 2.20. The molecule has 2 aromatic carbocycles. The molecule has 0 aromatic heterocycles. The van der Waals surface area contributed by atoms with Crippen LogP contribution in [-0.4, -0.2) is 25.6 Å². The number of esters is 1. The van der Waals surface area contributed by atoms with Crippen LogP contribution in [0.15, 0.2) is 36.4 Å². The third-order valence-corrected chi connectivity index (χ3v) is 3.59. The van der Waals surface area contributed by atoms with E-state index in [1.165, 1.54) is 13.2 Å². The summed E-state index contributed by atoms with van der Waals surface area (Å²) in [4.78, 5) is 23.7. The normalized spacial score (nSPS) is 10.2. The van der Waals surface area contributed by atoms with Gasteiger partial charge in [-0.25, -0.2) is 4.39 Å². The van der Waals surface area contributed by atoms with Crippen molar-refractivity contribution in [2.24, 2.45) is 0 Å². The third kappa shape index (κ3) is 5.31. The minimum atomic E-state index is -0.547. The molecule has 2 aromatic rings. The fourth-order valence-corrected chi connectivity index (χ4v) is 2.27. The van der Waals surface area contributed by atoms with Crippen LogP contribution < -0.4 is 10.1 Å². The van der Waals surface area contributed by atoms with Crippen LogP contribution in [0.25, 0.3) is 0 Å². The Morgan fingerprint density at radius 2 is 1.88 bits per heavy atom. The van der Waals surface area contributed by atoms with Crippen LogP contribution in [-0.2, 0) is 20.7 Å². The number of benzene rings is 2. The van der Waals surface area contributed by atoms with Gasteiger partial charge in [0.25, 0.3) is 5.91 Å². The summed E-state index contributed by atoms with van der Waals surface area (Å²) in [5.41, 5.74) is 2.47. The van der Waals surface area contributed by atoms with Gasteiger partial charge >= 0.3 is 5.97 Å². The van der Waals surface area contributed by atoms with Gasteiger partial charge in [-0.1, -0.05) is 23.8 Å². The van der Waals surface area contributed by atoms with Crippen LogP contribution in [0.4, 0.5) is 10.1 Å². The second-order valence-corrected chi connectivity index (χ2v) is 5.66. The Balaban J connectivity index is 1.88. The van der Waals surface area contributed by atoms with Crippen molar-refractivity contribution in [3.8, 4) is 5.75 Å². The largest absolute Gasteiger partial charge is 0.496 e. The molecule has 0 saturated heterocycles. The third-order valence-electron chi connectivity index (χ3n) is 3.59. The number of methoxy groups -OCH3 is 1. The number of carbonyl (C=O) groups excluding carboxylic acids is 2. The lowest BCUT2D eigenvalue weighted by Crippen LogP contribution is -2.21. The van der Waals surface area contributed by atoms with Gasteiger partial charge in [-0.15, -0.1) is 0 Å². The first-order valence-electron chi connectivity index (χ1n) is 7.74. The van der Waals surface area contributed by atoms with E-state index in [0.717, 1.165) is 5.56 Å². The van der Waals surface area contributed by atoms with Crippen molar-refractivity contribution in [3.63, 3.8) is 0 Å². The summed E-state index contributed by atoms with van der Waals surface area (Å²) in [7, 11) is 1.52. The van der Waals surface area contributed by atoms with E-state index in [9.17, 15) is 14.0 Å². The number of hydrogen-bond acceptors (Lipinski definition) is 4. The lowest BCUT2D eigenvalue weighted by Gasteiger charge is -2.10. The van der Waals surface area contributed by atoms with E-state index in [4.69, 9.17) is 9.47 Å². The summed E-state index contributed by atoms with van der Waals surface area (Å²) in [5.74, 6) is -0.912. The van der Waals surface area contributed by atoms with Crippen molar-refractivity contribution in [1.82, 2.24) is 0 Å². The molecule has 0 bridgehead atoms. The van der Waals surface area contributed by atoms with E-state index >= 15 is 0 Å². The van der Waals surface area contributed by atoms with Gasteiger partial charge in [0, 0.05) is 11.3 Å². The molecule has 5 nitrogen and oxygen atoms in total. The van der Waals surface area contributed by atoms with E-state index < -0.39 is 24.3 Å². The van der Waals surface area contributed by atoms with Crippen molar-refractivity contribution in [3.05, 3.63) is 58.9 Å². The second-order valence-electron chi connectivity index (χ2n) is 5.66. The molecule has 132 valence electrons. The van der Waals surface area contributed by atoms with Crippen molar-refractivity contribution in [2.45, 2.75) is 20.3 Å². The summed E-state index contributed by atoms with van der Waals surface area (Å²) < 4.78 is 23.6. The molecular formula is C19H20FNO4. The first-order chi connectivity index (χ1) is 11.9. The Labute approximate surface area is 145 Å². The maximum atomic E-state index is 13.4. The van der Waals surface area contributed by atoms with Gasteiger partial charge in [0.2, 0.25) is 0 Å². The fourth-order valence-electron chi connectivity index (χ4n) is 2.27. The summed E-state index contributed by atoms with van der Waals surface area (Å²) in [6, 6.07) is 9.83. The highest BCUT2D eigenvalue weighted by atomic mass is 19.1. The molecule has 0 aliphatic rings. The highest BCUT2D eigenvalue weighted by Gasteiger charge is 2.12. The Bertz CT molecular complexity index is 789. The van der Waals surface area contributed by atoms with Crippen molar-refractivity contribution in [2.75, 3.05) is 19.0 Å². The summed E-state index contributed by atoms with van der Waals surface area (Å²) in [6.07, 6.45) is -0.00269. The second kappa shape index (κ2) is 8.28. The van der Waals surface area contributed by atoms with Crippen LogP contribution >= 0.6 is 0 Å². The molecule has 25 heavy (non-hydrogen) atoms. The van der Waals surface area contributed by atoms with Gasteiger partial charge < -0.3 is 14.8 Å². The summed E-state index contributed by atoms with van der Waals surface area (Å²) >= 11 is 0. The molecule has 0 atom stereocenters. The zero-order valence-electron chi connectivity index (χ0n) is 14.4. The maximum absolute atomic E-state index is 13.4. The monoisotopic (exact) mass is 345 g/mol. The van der Waals surface area contributed by atoms with Crippen LogP contribution in [0.3, 0.4) is 0 Å². The Morgan fingerprint density at radius 3 is 2.56 bits per heavy atom. The van der Waals surface area contributed by atoms with Crippen molar-refractivity contribution >= 4 is 17.6 Å². The number of rotatable bonds is 6. The summed E-state index contributed by atoms with van der Waals surface area (Å²) in [6.45, 7) is 3.09. The molecule has 1 N–H and O–H groups in total. The number of anilines is 1. The van der Waals surface area contributed by atoms with E-state index in [0.29, 0.717) is 22.6 Å². The van der Waals surface area contributed by atoms with E-state index in [1.54, 1.807) is 25.1 Å². The predicted molar refractivity (Wildman–Crippen MR) is 92.2 cm³/mol. The molecule has 0 aliphatic carbocycles. The highest BCUT2D eigenvalue weighted by molar-refractivity contribution is 5.92. The number of nitrogens with one attached hydrogen (secondary N) is 1. The van der Waals surface area contributed by atoms with Crippen LogP contribution in [0.5, 0.6) is 5.75 Å². The van der Waals surface area contributed by atoms with Crippen molar-refractivity contribution in [1.29, 1.82) is 0 Å². The fraction of sp³-hybridized carbons (Fsp3) is 0.263. The first kappa shape index (κ1) is 18.4. The van der Waals surface area contributed by atoms with E-state index in [-0.39, 0.29) is 6.42 Å². The molecule has 6 heteroatoms. The standard InChI is InChI=1S/C19H20FNO4/c1-12-4-7-17(24-3)14(8-12)9-19(23)25-11-18(22)21-15-6-5-13(2)16(20)10-15/h4-8,10H,9,11H2,1-3H3,(H,21,22). The molecule has 0 unspecified atom stereocenters. The molecule has 0 aliphatic heterocycles. The SMILES string of the molecule is COc1ccc(C)cc1CC(=O)OCC(=O)Nc1ccc(C)c(F)c1. The number of ether oxygens (including phenoxy) is 2. The molecule has 0 saturated carbocycles. The molecule has 0 spiro atoms. The Hall–Kier alpha value is -2.89. The molecule has 0 heterocycles. The quantitative estimate of drug-likeness (QED) is 0.817. The van der Waals surface area contributed by atoms with E-state index in [2.05, 4.69) is 5.32 Å². The average Bonchev–Trinajstić information content (AvgIpc) is 2.57.